The van der Waals surface area contributed by atoms with E-state index < -0.39 is 16.0 Å². The summed E-state index contributed by atoms with van der Waals surface area (Å²) in [6.07, 6.45) is -0.173. The number of hydrogen-bond acceptors (Lipinski definition) is 4. The maximum Gasteiger partial charge on any atom is 0.308 e. The zero-order valence-corrected chi connectivity index (χ0v) is 14.2. The van der Waals surface area contributed by atoms with E-state index in [4.69, 9.17) is 5.11 Å². The lowest BCUT2D eigenvalue weighted by atomic mass is 10.1. The van der Waals surface area contributed by atoms with Gasteiger partial charge in [0, 0.05) is 11.9 Å². The predicted molar refractivity (Wildman–Crippen MR) is 87.2 cm³/mol. The van der Waals surface area contributed by atoms with Crippen molar-refractivity contribution in [1.82, 2.24) is 0 Å². The summed E-state index contributed by atoms with van der Waals surface area (Å²) in [6, 6.07) is 8.57. The molecule has 0 aliphatic rings. The second-order valence-electron chi connectivity index (χ2n) is 5.11. The minimum absolute atomic E-state index is 0.144. The topological polar surface area (TPSA) is 74.7 Å². The van der Waals surface area contributed by atoms with Crippen LogP contribution in [0.2, 0.25) is 0 Å². The number of rotatable bonds is 5. The first kappa shape index (κ1) is 16.5. The molecule has 0 fully saturated rings. The summed E-state index contributed by atoms with van der Waals surface area (Å²) < 4.78 is 26.7. The first-order chi connectivity index (χ1) is 10.2. The Morgan fingerprint density at radius 3 is 2.32 bits per heavy atom. The monoisotopic (exact) mass is 339 g/mol. The van der Waals surface area contributed by atoms with Gasteiger partial charge in [0.15, 0.2) is 0 Å². The Balaban J connectivity index is 2.36. The van der Waals surface area contributed by atoms with Crippen LogP contribution in [-0.4, -0.2) is 26.5 Å². The Labute approximate surface area is 133 Å². The van der Waals surface area contributed by atoms with Gasteiger partial charge in [-0.1, -0.05) is 6.07 Å². The van der Waals surface area contributed by atoms with Crippen LogP contribution in [0.5, 0.6) is 0 Å². The molecule has 118 valence electrons. The van der Waals surface area contributed by atoms with Crippen molar-refractivity contribution < 1.29 is 18.3 Å². The molecule has 2 rings (SSSR count). The average molecular weight is 339 g/mol. The largest absolute Gasteiger partial charge is 0.481 e. The minimum Gasteiger partial charge on any atom is -0.481 e. The molecule has 0 bridgehead atoms. The van der Waals surface area contributed by atoms with Crippen LogP contribution in [0.15, 0.2) is 34.5 Å². The standard InChI is InChI=1S/C15H17NO4S2/c1-10-6-11(2)8-12(7-10)16(3)22(19,20)15-5-4-13(21-15)9-14(17)18/h4-8H,9H2,1-3H3,(H,17,18). The van der Waals surface area contributed by atoms with E-state index in [9.17, 15) is 13.2 Å². The smallest absolute Gasteiger partial charge is 0.308 e. The van der Waals surface area contributed by atoms with Gasteiger partial charge < -0.3 is 5.11 Å². The van der Waals surface area contributed by atoms with Crippen molar-refractivity contribution in [2.45, 2.75) is 24.5 Å². The minimum atomic E-state index is -3.68. The molecule has 0 radical (unpaired) electrons. The fraction of sp³-hybridized carbons (Fsp3) is 0.267. The molecule has 1 aromatic heterocycles. The van der Waals surface area contributed by atoms with E-state index in [0.29, 0.717) is 10.6 Å². The lowest BCUT2D eigenvalue weighted by Crippen LogP contribution is -2.25. The molecule has 7 heteroatoms. The van der Waals surface area contributed by atoms with Crippen molar-refractivity contribution in [2.24, 2.45) is 0 Å². The molecular formula is C15H17NO4S2. The maximum absolute atomic E-state index is 12.6. The van der Waals surface area contributed by atoms with Crippen molar-refractivity contribution >= 4 is 33.0 Å². The molecule has 0 amide bonds. The molecule has 0 unspecified atom stereocenters. The van der Waals surface area contributed by atoms with E-state index in [1.54, 1.807) is 18.2 Å². The molecule has 0 atom stereocenters. The first-order valence-corrected chi connectivity index (χ1v) is 8.83. The van der Waals surface area contributed by atoms with Gasteiger partial charge in [0.25, 0.3) is 10.0 Å². The lowest BCUT2D eigenvalue weighted by molar-refractivity contribution is -0.136. The fourth-order valence-electron chi connectivity index (χ4n) is 2.15. The first-order valence-electron chi connectivity index (χ1n) is 6.58. The predicted octanol–water partition coefficient (Wildman–Crippen LogP) is 2.82. The summed E-state index contributed by atoms with van der Waals surface area (Å²) in [5, 5.41) is 8.77. The summed E-state index contributed by atoms with van der Waals surface area (Å²) in [6.45, 7) is 3.82. The molecule has 0 saturated carbocycles. The Morgan fingerprint density at radius 2 is 1.77 bits per heavy atom. The number of sulfonamides is 1. The molecule has 1 heterocycles. The van der Waals surface area contributed by atoms with Gasteiger partial charge in [0.05, 0.1) is 12.1 Å². The van der Waals surface area contributed by atoms with Gasteiger partial charge >= 0.3 is 5.97 Å². The van der Waals surface area contributed by atoms with Gasteiger partial charge in [-0.3, -0.25) is 9.10 Å². The Kier molecular flexibility index (Phi) is 4.58. The Morgan fingerprint density at radius 1 is 1.18 bits per heavy atom. The second-order valence-corrected chi connectivity index (χ2v) is 8.47. The van der Waals surface area contributed by atoms with Crippen molar-refractivity contribution in [2.75, 3.05) is 11.4 Å². The quantitative estimate of drug-likeness (QED) is 0.909. The van der Waals surface area contributed by atoms with Crippen LogP contribution in [0, 0.1) is 13.8 Å². The van der Waals surface area contributed by atoms with Gasteiger partial charge in [-0.25, -0.2) is 8.42 Å². The highest BCUT2D eigenvalue weighted by molar-refractivity contribution is 7.94. The highest BCUT2D eigenvalue weighted by Crippen LogP contribution is 2.28. The maximum atomic E-state index is 12.6. The van der Waals surface area contributed by atoms with Crippen molar-refractivity contribution in [3.63, 3.8) is 0 Å². The van der Waals surface area contributed by atoms with Crippen LogP contribution in [0.4, 0.5) is 5.69 Å². The highest BCUT2D eigenvalue weighted by Gasteiger charge is 2.24. The molecular weight excluding hydrogens is 322 g/mol. The average Bonchev–Trinajstić information content (AvgIpc) is 2.85. The van der Waals surface area contributed by atoms with E-state index >= 15 is 0 Å². The third kappa shape index (κ3) is 3.48. The summed E-state index contributed by atoms with van der Waals surface area (Å²) in [5.41, 5.74) is 2.55. The number of aryl methyl sites for hydroxylation is 2. The number of carboxylic acids is 1. The SMILES string of the molecule is Cc1cc(C)cc(N(C)S(=O)(=O)c2ccc(CC(=O)O)s2)c1. The Bertz CT molecular complexity index is 788. The highest BCUT2D eigenvalue weighted by atomic mass is 32.2. The van der Waals surface area contributed by atoms with Crippen LogP contribution in [0.3, 0.4) is 0 Å². The van der Waals surface area contributed by atoms with E-state index in [-0.39, 0.29) is 10.6 Å². The van der Waals surface area contributed by atoms with Gasteiger partial charge in [-0.2, -0.15) is 0 Å². The second kappa shape index (κ2) is 6.10. The van der Waals surface area contributed by atoms with Crippen LogP contribution in [0.25, 0.3) is 0 Å². The van der Waals surface area contributed by atoms with Crippen LogP contribution < -0.4 is 4.31 Å². The van der Waals surface area contributed by atoms with E-state index in [1.807, 2.05) is 19.9 Å². The molecule has 5 nitrogen and oxygen atoms in total. The fourth-order valence-corrected chi connectivity index (χ4v) is 4.84. The van der Waals surface area contributed by atoms with E-state index in [1.165, 1.54) is 17.4 Å². The number of nitrogens with zero attached hydrogens (tertiary/aromatic N) is 1. The third-order valence-electron chi connectivity index (χ3n) is 3.15. The molecule has 1 N–H and O–H groups in total. The third-order valence-corrected chi connectivity index (χ3v) is 6.49. The van der Waals surface area contributed by atoms with Gasteiger partial charge in [-0.05, 0) is 49.2 Å². The number of thiophene rings is 1. The molecule has 22 heavy (non-hydrogen) atoms. The molecule has 0 aliphatic heterocycles. The van der Waals surface area contributed by atoms with Gasteiger partial charge in [0.2, 0.25) is 0 Å². The van der Waals surface area contributed by atoms with Crippen LogP contribution >= 0.6 is 11.3 Å². The van der Waals surface area contributed by atoms with Gasteiger partial charge in [-0.15, -0.1) is 11.3 Å². The van der Waals surface area contributed by atoms with Crippen LogP contribution in [-0.2, 0) is 21.2 Å². The summed E-state index contributed by atoms with van der Waals surface area (Å²) in [4.78, 5) is 11.2. The summed E-state index contributed by atoms with van der Waals surface area (Å²) in [7, 11) is -2.18. The molecule has 0 aliphatic carbocycles. The van der Waals surface area contributed by atoms with Crippen molar-refractivity contribution in [3.8, 4) is 0 Å². The Hall–Kier alpha value is -1.86. The molecule has 0 saturated heterocycles. The number of carbonyl (C=O) groups is 1. The normalized spacial score (nSPS) is 11.4. The van der Waals surface area contributed by atoms with Crippen molar-refractivity contribution in [1.29, 1.82) is 0 Å². The molecule has 2 aromatic rings. The number of carboxylic acid groups (broad SMARTS) is 1. The van der Waals surface area contributed by atoms with E-state index in [0.717, 1.165) is 22.5 Å². The van der Waals surface area contributed by atoms with E-state index in [2.05, 4.69) is 0 Å². The summed E-state index contributed by atoms with van der Waals surface area (Å²) in [5.74, 6) is -0.978. The zero-order chi connectivity index (χ0) is 16.5. The number of benzene rings is 1. The lowest BCUT2D eigenvalue weighted by Gasteiger charge is -2.19. The molecule has 0 spiro atoms. The molecule has 1 aromatic carbocycles. The number of aliphatic carboxylic acids is 1. The van der Waals surface area contributed by atoms with Gasteiger partial charge in [0.1, 0.15) is 4.21 Å². The zero-order valence-electron chi connectivity index (χ0n) is 12.5. The number of anilines is 1. The van der Waals surface area contributed by atoms with Crippen molar-refractivity contribution in [3.05, 3.63) is 46.3 Å². The number of hydrogen-bond donors (Lipinski definition) is 1. The van der Waals surface area contributed by atoms with Crippen LogP contribution in [0.1, 0.15) is 16.0 Å². The summed E-state index contributed by atoms with van der Waals surface area (Å²) >= 11 is 0.989.